The van der Waals surface area contributed by atoms with E-state index in [4.69, 9.17) is 5.73 Å². The predicted molar refractivity (Wildman–Crippen MR) is 53.2 cm³/mol. The Kier molecular flexibility index (Phi) is 2.08. The maximum atomic E-state index is 10.8. The number of nitrogens with two attached hydrogens (primary N) is 1. The summed E-state index contributed by atoms with van der Waals surface area (Å²) in [6, 6.07) is 0. The van der Waals surface area contributed by atoms with Crippen LogP contribution < -0.4 is 5.73 Å². The quantitative estimate of drug-likeness (QED) is 0.586. The van der Waals surface area contributed by atoms with E-state index in [0.717, 1.165) is 11.3 Å². The average molecular weight is 226 g/mol. The van der Waals surface area contributed by atoms with Crippen LogP contribution in [0.15, 0.2) is 6.20 Å². The number of nitrogens with zero attached hydrogens (tertiary/aromatic N) is 5. The maximum absolute atomic E-state index is 10.8. The summed E-state index contributed by atoms with van der Waals surface area (Å²) in [5, 5.41) is 22.5. The van der Waals surface area contributed by atoms with Crippen molar-refractivity contribution in [2.75, 3.05) is 5.73 Å². The van der Waals surface area contributed by atoms with Gasteiger partial charge in [0.25, 0.3) is 0 Å². The van der Waals surface area contributed by atoms with E-state index >= 15 is 0 Å². The topological polar surface area (TPSA) is 113 Å². The van der Waals surface area contributed by atoms with Crippen LogP contribution in [-0.2, 0) is 7.05 Å². The lowest BCUT2D eigenvalue weighted by Gasteiger charge is -1.94. The van der Waals surface area contributed by atoms with E-state index < -0.39 is 4.92 Å². The van der Waals surface area contributed by atoms with Gasteiger partial charge in [-0.05, 0) is 4.92 Å². The van der Waals surface area contributed by atoms with Gasteiger partial charge in [-0.25, -0.2) is 0 Å². The lowest BCUT2D eigenvalue weighted by Crippen LogP contribution is -1.99. The molecule has 2 heterocycles. The summed E-state index contributed by atoms with van der Waals surface area (Å²) in [6.45, 7) is 0. The van der Waals surface area contributed by atoms with Gasteiger partial charge in [0.2, 0.25) is 5.13 Å². The molecular formula is C6H6N6O2S. The number of aryl methyl sites for hydroxylation is 1. The third-order valence-electron chi connectivity index (χ3n) is 1.75. The molecule has 0 saturated heterocycles. The number of hydrogen-bond acceptors (Lipinski definition) is 7. The summed E-state index contributed by atoms with van der Waals surface area (Å²) in [4.78, 5) is 10.2. The molecule has 2 aromatic rings. The van der Waals surface area contributed by atoms with Gasteiger partial charge in [-0.1, -0.05) is 16.4 Å². The SMILES string of the molecule is Cn1ncc(-c2nnc(N)s2)c1[N+](=O)[O-]. The van der Waals surface area contributed by atoms with Crippen molar-refractivity contribution in [1.29, 1.82) is 0 Å². The van der Waals surface area contributed by atoms with Gasteiger partial charge < -0.3 is 15.8 Å². The molecule has 15 heavy (non-hydrogen) atoms. The number of nitro groups is 1. The molecule has 2 aromatic heterocycles. The van der Waals surface area contributed by atoms with Crippen LogP contribution in [0.5, 0.6) is 0 Å². The molecule has 78 valence electrons. The predicted octanol–water partition coefficient (Wildman–Crippen LogP) is 0.429. The van der Waals surface area contributed by atoms with Gasteiger partial charge in [-0.2, -0.15) is 0 Å². The Bertz CT molecular complexity index is 517. The zero-order valence-corrected chi connectivity index (χ0v) is 8.43. The van der Waals surface area contributed by atoms with Crippen LogP contribution in [0.2, 0.25) is 0 Å². The normalized spacial score (nSPS) is 10.5. The summed E-state index contributed by atoms with van der Waals surface area (Å²) in [6.07, 6.45) is 1.37. The Balaban J connectivity index is 2.58. The summed E-state index contributed by atoms with van der Waals surface area (Å²) >= 11 is 1.08. The number of hydrogen-bond donors (Lipinski definition) is 1. The van der Waals surface area contributed by atoms with E-state index in [1.54, 1.807) is 0 Å². The summed E-state index contributed by atoms with van der Waals surface area (Å²) in [5.41, 5.74) is 5.73. The van der Waals surface area contributed by atoms with Crippen molar-refractivity contribution in [2.24, 2.45) is 7.05 Å². The van der Waals surface area contributed by atoms with Gasteiger partial charge >= 0.3 is 5.82 Å². The third-order valence-corrected chi connectivity index (χ3v) is 2.54. The van der Waals surface area contributed by atoms with E-state index in [-0.39, 0.29) is 10.9 Å². The first-order chi connectivity index (χ1) is 7.09. The zero-order valence-electron chi connectivity index (χ0n) is 7.62. The summed E-state index contributed by atoms with van der Waals surface area (Å²) in [5.74, 6) is -0.119. The maximum Gasteiger partial charge on any atom is 0.355 e. The minimum absolute atomic E-state index is 0.119. The Morgan fingerprint density at radius 2 is 2.33 bits per heavy atom. The fourth-order valence-corrected chi connectivity index (χ4v) is 1.76. The molecule has 9 heteroatoms. The Labute approximate surface area is 87.5 Å². The third kappa shape index (κ3) is 1.52. The molecule has 2 rings (SSSR count). The summed E-state index contributed by atoms with van der Waals surface area (Å²) in [7, 11) is 1.49. The van der Waals surface area contributed by atoms with E-state index in [1.165, 1.54) is 17.9 Å². The van der Waals surface area contributed by atoms with Crippen LogP contribution >= 0.6 is 11.3 Å². The van der Waals surface area contributed by atoms with Crippen LogP contribution in [0.3, 0.4) is 0 Å². The van der Waals surface area contributed by atoms with E-state index in [2.05, 4.69) is 15.3 Å². The number of nitrogen functional groups attached to an aromatic ring is 1. The smallest absolute Gasteiger partial charge is 0.355 e. The Morgan fingerprint density at radius 1 is 1.60 bits per heavy atom. The lowest BCUT2D eigenvalue weighted by molar-refractivity contribution is -0.391. The second-order valence-corrected chi connectivity index (χ2v) is 3.72. The van der Waals surface area contributed by atoms with Crippen molar-refractivity contribution in [1.82, 2.24) is 20.0 Å². The average Bonchev–Trinajstić information content (AvgIpc) is 2.71. The number of aromatic nitrogens is 4. The van der Waals surface area contributed by atoms with E-state index in [1.807, 2.05) is 0 Å². The van der Waals surface area contributed by atoms with Crippen LogP contribution in [0, 0.1) is 10.1 Å². The highest BCUT2D eigenvalue weighted by molar-refractivity contribution is 7.18. The molecular weight excluding hydrogens is 220 g/mol. The highest BCUT2D eigenvalue weighted by Crippen LogP contribution is 2.31. The van der Waals surface area contributed by atoms with Gasteiger partial charge in [0.1, 0.15) is 12.6 Å². The van der Waals surface area contributed by atoms with Crippen LogP contribution in [0.25, 0.3) is 10.6 Å². The molecule has 0 aliphatic carbocycles. The van der Waals surface area contributed by atoms with Gasteiger partial charge in [0, 0.05) is 0 Å². The first-order valence-corrected chi connectivity index (χ1v) is 4.67. The molecule has 0 saturated carbocycles. The summed E-state index contributed by atoms with van der Waals surface area (Å²) < 4.78 is 1.17. The molecule has 0 aliphatic heterocycles. The molecule has 0 aromatic carbocycles. The van der Waals surface area contributed by atoms with Crippen molar-refractivity contribution in [3.8, 4) is 10.6 Å². The number of anilines is 1. The first-order valence-electron chi connectivity index (χ1n) is 3.85. The molecule has 0 unspecified atom stereocenters. The molecule has 8 nitrogen and oxygen atoms in total. The largest absolute Gasteiger partial charge is 0.374 e. The van der Waals surface area contributed by atoms with Crippen molar-refractivity contribution in [3.05, 3.63) is 16.3 Å². The van der Waals surface area contributed by atoms with Crippen molar-refractivity contribution in [2.45, 2.75) is 0 Å². The molecule has 0 fully saturated rings. The molecule has 0 spiro atoms. The van der Waals surface area contributed by atoms with Crippen LogP contribution in [-0.4, -0.2) is 24.9 Å². The fourth-order valence-electron chi connectivity index (χ4n) is 1.14. The minimum atomic E-state index is -0.514. The van der Waals surface area contributed by atoms with E-state index in [9.17, 15) is 10.1 Å². The number of rotatable bonds is 2. The van der Waals surface area contributed by atoms with Crippen molar-refractivity contribution < 1.29 is 4.92 Å². The minimum Gasteiger partial charge on any atom is -0.374 e. The standard InChI is InChI=1S/C6H6N6O2S/c1-11-5(12(13)14)3(2-8-11)4-9-10-6(7)15-4/h2H,1H3,(H2,7,10). The second kappa shape index (κ2) is 3.28. The van der Waals surface area contributed by atoms with Crippen LogP contribution in [0.4, 0.5) is 10.9 Å². The molecule has 0 atom stereocenters. The Hall–Kier alpha value is -2.03. The molecule has 0 radical (unpaired) electrons. The van der Waals surface area contributed by atoms with Gasteiger partial charge in [0.05, 0.1) is 6.20 Å². The highest BCUT2D eigenvalue weighted by Gasteiger charge is 2.23. The molecule has 0 amide bonds. The second-order valence-electron chi connectivity index (χ2n) is 2.71. The lowest BCUT2D eigenvalue weighted by atomic mass is 10.3. The van der Waals surface area contributed by atoms with E-state index in [0.29, 0.717) is 10.6 Å². The fraction of sp³-hybridized carbons (Fsp3) is 0.167. The monoisotopic (exact) mass is 226 g/mol. The van der Waals surface area contributed by atoms with Crippen LogP contribution in [0.1, 0.15) is 0 Å². The highest BCUT2D eigenvalue weighted by atomic mass is 32.1. The molecule has 0 aliphatic rings. The van der Waals surface area contributed by atoms with Gasteiger partial charge in [-0.3, -0.25) is 0 Å². The van der Waals surface area contributed by atoms with Crippen molar-refractivity contribution in [3.63, 3.8) is 0 Å². The van der Waals surface area contributed by atoms with Gasteiger partial charge in [0.15, 0.2) is 5.01 Å². The zero-order chi connectivity index (χ0) is 11.0. The van der Waals surface area contributed by atoms with Crippen molar-refractivity contribution >= 4 is 22.3 Å². The van der Waals surface area contributed by atoms with Gasteiger partial charge in [-0.15, -0.1) is 14.9 Å². The Morgan fingerprint density at radius 3 is 2.87 bits per heavy atom. The molecule has 0 bridgehead atoms. The molecule has 2 N–H and O–H groups in total. The first kappa shape index (κ1) is 9.52.